The highest BCUT2D eigenvalue weighted by atomic mass is 16.1. The Morgan fingerprint density at radius 2 is 2.10 bits per heavy atom. The normalized spacial score (nSPS) is 10.3. The summed E-state index contributed by atoms with van der Waals surface area (Å²) < 4.78 is 0. The van der Waals surface area contributed by atoms with Crippen LogP contribution in [0.25, 0.3) is 0 Å². The first-order valence-electron chi connectivity index (χ1n) is 3.39. The molecule has 10 heavy (non-hydrogen) atoms. The molecule has 0 bridgehead atoms. The summed E-state index contributed by atoms with van der Waals surface area (Å²) in [6.45, 7) is 4.09. The molecule has 0 unspecified atom stereocenters. The van der Waals surface area contributed by atoms with Gasteiger partial charge in [0.1, 0.15) is 0 Å². The lowest BCUT2D eigenvalue weighted by atomic mass is 10.1. The van der Waals surface area contributed by atoms with E-state index in [9.17, 15) is 4.79 Å². The highest BCUT2D eigenvalue weighted by Crippen LogP contribution is 2.06. The Balaban J connectivity index is 3.07. The minimum Gasteiger partial charge on any atom is -0.326 e. The zero-order valence-electron chi connectivity index (χ0n) is 6.22. The number of pyridine rings is 1. The van der Waals surface area contributed by atoms with Crippen molar-refractivity contribution in [1.29, 1.82) is 0 Å². The quantitative estimate of drug-likeness (QED) is 0.625. The van der Waals surface area contributed by atoms with Crippen LogP contribution in [0.5, 0.6) is 0 Å². The third-order valence-electron chi connectivity index (χ3n) is 1.41. The third-order valence-corrected chi connectivity index (χ3v) is 1.41. The van der Waals surface area contributed by atoms with Crippen LogP contribution >= 0.6 is 0 Å². The average Bonchev–Trinajstić information content (AvgIpc) is 1.88. The van der Waals surface area contributed by atoms with Gasteiger partial charge in [0.15, 0.2) is 0 Å². The van der Waals surface area contributed by atoms with Gasteiger partial charge in [-0.2, -0.15) is 0 Å². The molecular weight excluding hydrogens is 126 g/mol. The lowest BCUT2D eigenvalue weighted by Crippen LogP contribution is -2.06. The minimum atomic E-state index is -0.0220. The maximum absolute atomic E-state index is 10.7. The maximum atomic E-state index is 10.7. The zero-order valence-corrected chi connectivity index (χ0v) is 6.22. The van der Waals surface area contributed by atoms with Gasteiger partial charge in [-0.25, -0.2) is 0 Å². The highest BCUT2D eigenvalue weighted by Gasteiger charge is 1.96. The lowest BCUT2D eigenvalue weighted by molar-refractivity contribution is 0.816. The van der Waals surface area contributed by atoms with Gasteiger partial charge in [0.05, 0.1) is 0 Å². The Labute approximate surface area is 59.9 Å². The number of H-pyrrole nitrogens is 1. The van der Waals surface area contributed by atoms with E-state index in [1.807, 2.05) is 19.9 Å². The molecule has 2 nitrogen and oxygen atoms in total. The molecule has 0 aliphatic carbocycles. The number of nitrogens with one attached hydrogen (secondary N) is 1. The van der Waals surface area contributed by atoms with Gasteiger partial charge in [-0.15, -0.1) is 0 Å². The van der Waals surface area contributed by atoms with Gasteiger partial charge in [0.25, 0.3) is 0 Å². The Kier molecular flexibility index (Phi) is 1.90. The van der Waals surface area contributed by atoms with Crippen molar-refractivity contribution in [1.82, 2.24) is 4.98 Å². The summed E-state index contributed by atoms with van der Waals surface area (Å²) in [4.78, 5) is 13.5. The second-order valence-electron chi connectivity index (χ2n) is 2.63. The molecule has 0 spiro atoms. The molecule has 0 aliphatic heterocycles. The second-order valence-corrected chi connectivity index (χ2v) is 2.63. The molecule has 1 N–H and O–H groups in total. The molecular formula is C8H11NO. The van der Waals surface area contributed by atoms with Gasteiger partial charge in [-0.3, -0.25) is 4.79 Å². The number of rotatable bonds is 1. The summed E-state index contributed by atoms with van der Waals surface area (Å²) >= 11 is 0. The number of hydrogen-bond donors (Lipinski definition) is 1. The third kappa shape index (κ3) is 1.47. The van der Waals surface area contributed by atoms with E-state index in [1.165, 1.54) is 6.07 Å². The fourth-order valence-corrected chi connectivity index (χ4v) is 0.802. The predicted octanol–water partition coefficient (Wildman–Crippen LogP) is 1.50. The smallest absolute Gasteiger partial charge is 0.248 e. The number of aromatic nitrogens is 1. The first-order chi connectivity index (χ1) is 4.70. The van der Waals surface area contributed by atoms with Crippen molar-refractivity contribution in [2.45, 2.75) is 19.8 Å². The van der Waals surface area contributed by atoms with Crippen molar-refractivity contribution in [2.24, 2.45) is 0 Å². The fraction of sp³-hybridized carbons (Fsp3) is 0.375. The van der Waals surface area contributed by atoms with Crippen molar-refractivity contribution in [3.63, 3.8) is 0 Å². The minimum absolute atomic E-state index is 0.0220. The van der Waals surface area contributed by atoms with Crippen molar-refractivity contribution in [2.75, 3.05) is 0 Å². The summed E-state index contributed by atoms with van der Waals surface area (Å²) in [5.41, 5.74) is 0.971. The number of hydrogen-bond acceptors (Lipinski definition) is 1. The molecule has 2 heteroatoms. The lowest BCUT2D eigenvalue weighted by Gasteiger charge is -2.01. The first-order valence-corrected chi connectivity index (χ1v) is 3.39. The van der Waals surface area contributed by atoms with Crippen molar-refractivity contribution >= 4 is 0 Å². The van der Waals surface area contributed by atoms with Crippen LogP contribution in [0.15, 0.2) is 23.0 Å². The monoisotopic (exact) mass is 137 g/mol. The van der Waals surface area contributed by atoms with E-state index in [0.717, 1.165) is 5.69 Å². The van der Waals surface area contributed by atoms with E-state index < -0.39 is 0 Å². The van der Waals surface area contributed by atoms with Gasteiger partial charge in [-0.05, 0) is 12.0 Å². The Hall–Kier alpha value is -1.05. The fourth-order valence-electron chi connectivity index (χ4n) is 0.802. The summed E-state index contributed by atoms with van der Waals surface area (Å²) in [5.74, 6) is 0.397. The predicted molar refractivity (Wildman–Crippen MR) is 41.2 cm³/mol. The summed E-state index contributed by atoms with van der Waals surface area (Å²) in [6, 6.07) is 5.21. The Morgan fingerprint density at radius 1 is 1.40 bits per heavy atom. The van der Waals surface area contributed by atoms with Gasteiger partial charge >= 0.3 is 0 Å². The first kappa shape index (κ1) is 7.06. The topological polar surface area (TPSA) is 32.9 Å². The van der Waals surface area contributed by atoms with Crippen molar-refractivity contribution in [3.8, 4) is 0 Å². The summed E-state index contributed by atoms with van der Waals surface area (Å²) in [6.07, 6.45) is 0. The maximum Gasteiger partial charge on any atom is 0.248 e. The van der Waals surface area contributed by atoms with E-state index in [-0.39, 0.29) is 5.56 Å². The molecule has 0 aliphatic rings. The molecule has 0 atom stereocenters. The van der Waals surface area contributed by atoms with Gasteiger partial charge in [0.2, 0.25) is 5.56 Å². The largest absolute Gasteiger partial charge is 0.326 e. The number of aromatic amines is 1. The summed E-state index contributed by atoms with van der Waals surface area (Å²) in [5, 5.41) is 0. The van der Waals surface area contributed by atoms with Crippen LogP contribution in [0.1, 0.15) is 25.5 Å². The van der Waals surface area contributed by atoms with Crippen molar-refractivity contribution in [3.05, 3.63) is 34.2 Å². The molecule has 0 saturated heterocycles. The van der Waals surface area contributed by atoms with Gasteiger partial charge in [0, 0.05) is 11.8 Å². The zero-order chi connectivity index (χ0) is 7.56. The second kappa shape index (κ2) is 2.69. The van der Waals surface area contributed by atoms with Gasteiger partial charge in [-0.1, -0.05) is 19.9 Å². The van der Waals surface area contributed by atoms with E-state index in [1.54, 1.807) is 6.07 Å². The highest BCUT2D eigenvalue weighted by molar-refractivity contribution is 5.07. The van der Waals surface area contributed by atoms with Crippen LogP contribution < -0.4 is 5.56 Å². The SMILES string of the molecule is CC(C)c1cccc(=O)[nH]1. The summed E-state index contributed by atoms with van der Waals surface area (Å²) in [7, 11) is 0. The van der Waals surface area contributed by atoms with Gasteiger partial charge < -0.3 is 4.98 Å². The van der Waals surface area contributed by atoms with Crippen molar-refractivity contribution < 1.29 is 0 Å². The van der Waals surface area contributed by atoms with E-state index in [0.29, 0.717) is 5.92 Å². The van der Waals surface area contributed by atoms with Crippen LogP contribution in [-0.4, -0.2) is 4.98 Å². The molecule has 1 heterocycles. The standard InChI is InChI=1S/C8H11NO/c1-6(2)7-4-3-5-8(10)9-7/h3-6H,1-2H3,(H,9,10). The van der Waals surface area contributed by atoms with Crippen LogP contribution in [0.3, 0.4) is 0 Å². The molecule has 1 aromatic rings. The average molecular weight is 137 g/mol. The molecule has 1 rings (SSSR count). The van der Waals surface area contributed by atoms with Crippen LogP contribution in [-0.2, 0) is 0 Å². The molecule has 1 aromatic heterocycles. The van der Waals surface area contributed by atoms with E-state index >= 15 is 0 Å². The van der Waals surface area contributed by atoms with Crippen LogP contribution in [0.2, 0.25) is 0 Å². The van der Waals surface area contributed by atoms with E-state index in [4.69, 9.17) is 0 Å². The van der Waals surface area contributed by atoms with Crippen LogP contribution in [0.4, 0.5) is 0 Å². The Morgan fingerprint density at radius 3 is 2.50 bits per heavy atom. The molecule has 0 radical (unpaired) electrons. The molecule has 0 aromatic carbocycles. The van der Waals surface area contributed by atoms with Crippen LogP contribution in [0, 0.1) is 0 Å². The van der Waals surface area contributed by atoms with E-state index in [2.05, 4.69) is 4.98 Å². The molecule has 0 saturated carbocycles. The molecule has 54 valence electrons. The molecule has 0 fully saturated rings. The molecule has 0 amide bonds. The Bertz CT molecular complexity index is 262.